The van der Waals surface area contributed by atoms with E-state index in [1.165, 1.54) is 13.2 Å². The molecule has 0 bridgehead atoms. The van der Waals surface area contributed by atoms with Gasteiger partial charge in [-0.25, -0.2) is 9.59 Å². The van der Waals surface area contributed by atoms with Crippen molar-refractivity contribution < 1.29 is 23.9 Å². The molecule has 0 atom stereocenters. The van der Waals surface area contributed by atoms with Crippen molar-refractivity contribution in [3.63, 3.8) is 0 Å². The normalized spacial score (nSPS) is 11.0. The minimum atomic E-state index is -0.770. The lowest BCUT2D eigenvalue weighted by molar-refractivity contribution is -0.136. The molecule has 0 saturated carbocycles. The topological polar surface area (TPSA) is 108 Å². The molecule has 0 aromatic heterocycles. The Morgan fingerprint density at radius 2 is 1.56 bits per heavy atom. The lowest BCUT2D eigenvalue weighted by atomic mass is 9.98. The van der Waals surface area contributed by atoms with E-state index >= 15 is 0 Å². The summed E-state index contributed by atoms with van der Waals surface area (Å²) in [7, 11) is 1.21. The van der Waals surface area contributed by atoms with Gasteiger partial charge in [0.1, 0.15) is 11.3 Å². The molecule has 0 unspecified atom stereocenters. The highest BCUT2D eigenvalue weighted by atomic mass is 16.6. The maximum Gasteiger partial charge on any atom is 0.412 e. The monoisotopic (exact) mass is 378 g/mol. The number of carbonyl (C=O) groups excluding carboxylic acids is 3. The summed E-state index contributed by atoms with van der Waals surface area (Å²) in [6, 6.07) is 3.23. The van der Waals surface area contributed by atoms with Crippen molar-refractivity contribution in [2.45, 2.75) is 54.1 Å². The number of alkyl carbamates (subject to hydrolysis) is 1. The minimum absolute atomic E-state index is 0.0743. The second-order valence-electron chi connectivity index (χ2n) is 6.56. The van der Waals surface area contributed by atoms with Gasteiger partial charge in [-0.15, -0.1) is 0 Å². The molecule has 0 radical (unpaired) electrons. The van der Waals surface area contributed by atoms with E-state index in [0.29, 0.717) is 11.1 Å². The molecule has 0 aliphatic carbocycles. The molecule has 7 nitrogen and oxygen atoms in total. The van der Waals surface area contributed by atoms with Gasteiger partial charge >= 0.3 is 12.1 Å². The van der Waals surface area contributed by atoms with Gasteiger partial charge in [0.05, 0.1) is 7.11 Å². The van der Waals surface area contributed by atoms with Crippen molar-refractivity contribution >= 4 is 24.0 Å². The fraction of sp³-hybridized carbons (Fsp3) is 0.450. The number of methoxy groups -OCH3 is 1. The SMILES string of the molecule is CC.COC(=O)/C(=C/c1c(C)cc(C(N)=O)cc1C)NC(=O)OC(C)(C)C. The van der Waals surface area contributed by atoms with E-state index in [4.69, 9.17) is 15.2 Å². The number of carbonyl (C=O) groups is 3. The Hall–Kier alpha value is -2.83. The second kappa shape index (κ2) is 10.4. The largest absolute Gasteiger partial charge is 0.464 e. The van der Waals surface area contributed by atoms with E-state index in [2.05, 4.69) is 5.32 Å². The third-order valence-corrected chi connectivity index (χ3v) is 3.21. The summed E-state index contributed by atoms with van der Waals surface area (Å²) in [5.74, 6) is -1.26. The molecule has 3 N–H and O–H groups in total. The summed E-state index contributed by atoms with van der Waals surface area (Å²) < 4.78 is 9.86. The van der Waals surface area contributed by atoms with Crippen molar-refractivity contribution in [3.05, 3.63) is 40.1 Å². The summed E-state index contributed by atoms with van der Waals surface area (Å²) in [6.07, 6.45) is 0.707. The third-order valence-electron chi connectivity index (χ3n) is 3.21. The Bertz CT molecular complexity index is 707. The number of ether oxygens (including phenoxy) is 2. The van der Waals surface area contributed by atoms with Gasteiger partial charge in [0.15, 0.2) is 0 Å². The molecule has 150 valence electrons. The highest BCUT2D eigenvalue weighted by Crippen LogP contribution is 2.20. The van der Waals surface area contributed by atoms with Gasteiger partial charge in [-0.05, 0) is 69.5 Å². The van der Waals surface area contributed by atoms with Crippen LogP contribution in [0.3, 0.4) is 0 Å². The molecule has 2 amide bonds. The Balaban J connectivity index is 0.00000326. The molecule has 7 heteroatoms. The molecule has 27 heavy (non-hydrogen) atoms. The van der Waals surface area contributed by atoms with Gasteiger partial charge in [0.2, 0.25) is 5.91 Å². The van der Waals surface area contributed by atoms with Gasteiger partial charge < -0.3 is 15.2 Å². The van der Waals surface area contributed by atoms with Gasteiger partial charge in [-0.2, -0.15) is 0 Å². The average Bonchev–Trinajstić information content (AvgIpc) is 2.56. The molecule has 0 saturated heterocycles. The van der Waals surface area contributed by atoms with E-state index < -0.39 is 23.6 Å². The van der Waals surface area contributed by atoms with Crippen LogP contribution in [-0.4, -0.2) is 30.7 Å². The second-order valence-corrected chi connectivity index (χ2v) is 6.56. The first kappa shape index (κ1) is 24.2. The van der Waals surface area contributed by atoms with E-state index in [0.717, 1.165) is 11.1 Å². The van der Waals surface area contributed by atoms with Crippen molar-refractivity contribution in [2.24, 2.45) is 5.73 Å². The summed E-state index contributed by atoms with van der Waals surface area (Å²) >= 11 is 0. The molecular formula is C20H30N2O5. The number of benzene rings is 1. The van der Waals surface area contributed by atoms with Crippen LogP contribution < -0.4 is 11.1 Å². The van der Waals surface area contributed by atoms with Crippen LogP contribution in [-0.2, 0) is 14.3 Å². The molecule has 0 spiro atoms. The van der Waals surface area contributed by atoms with Crippen LogP contribution in [0.15, 0.2) is 17.8 Å². The van der Waals surface area contributed by atoms with Crippen LogP contribution in [0.5, 0.6) is 0 Å². The van der Waals surface area contributed by atoms with Gasteiger partial charge in [-0.3, -0.25) is 10.1 Å². The Labute approximate surface area is 160 Å². The Morgan fingerprint density at radius 3 is 1.93 bits per heavy atom. The zero-order valence-electron chi connectivity index (χ0n) is 17.4. The fourth-order valence-corrected chi connectivity index (χ4v) is 2.16. The van der Waals surface area contributed by atoms with Crippen LogP contribution in [0, 0.1) is 13.8 Å². The number of esters is 1. The number of primary amides is 1. The first-order chi connectivity index (χ1) is 12.4. The molecule has 0 fully saturated rings. The molecule has 1 rings (SSSR count). The third kappa shape index (κ3) is 7.94. The minimum Gasteiger partial charge on any atom is -0.464 e. The number of rotatable bonds is 4. The standard InChI is InChI=1S/C18H24N2O5.C2H6/c1-10-7-12(15(19)21)8-11(2)13(10)9-14(16(22)24-6)20-17(23)25-18(3,4)5;1-2/h7-9H,1-6H3,(H2,19,21)(H,20,23);1-2H3/b14-9-;. The average molecular weight is 378 g/mol. The summed E-state index contributed by atoms with van der Waals surface area (Å²) in [5.41, 5.74) is 7.00. The number of hydrogen-bond acceptors (Lipinski definition) is 5. The summed E-state index contributed by atoms with van der Waals surface area (Å²) in [4.78, 5) is 35.3. The predicted octanol–water partition coefficient (Wildman–Crippen LogP) is 3.47. The lowest BCUT2D eigenvalue weighted by Gasteiger charge is -2.20. The molecule has 1 aromatic carbocycles. The van der Waals surface area contributed by atoms with Crippen molar-refractivity contribution in [2.75, 3.05) is 7.11 Å². The number of amides is 2. The van der Waals surface area contributed by atoms with Crippen molar-refractivity contribution in [1.82, 2.24) is 5.32 Å². The van der Waals surface area contributed by atoms with E-state index in [1.54, 1.807) is 46.8 Å². The summed E-state index contributed by atoms with van der Waals surface area (Å²) in [6.45, 7) is 12.7. The van der Waals surface area contributed by atoms with Crippen molar-refractivity contribution in [1.29, 1.82) is 0 Å². The maximum atomic E-state index is 12.0. The zero-order chi connectivity index (χ0) is 21.4. The molecule has 1 aromatic rings. The molecule has 0 aliphatic rings. The van der Waals surface area contributed by atoms with Gasteiger partial charge in [0.25, 0.3) is 0 Å². The molecule has 0 aliphatic heterocycles. The lowest BCUT2D eigenvalue weighted by Crippen LogP contribution is -2.34. The Morgan fingerprint density at radius 1 is 1.07 bits per heavy atom. The van der Waals surface area contributed by atoms with E-state index in [-0.39, 0.29) is 5.70 Å². The summed E-state index contributed by atoms with van der Waals surface area (Å²) in [5, 5.41) is 2.40. The Kier molecular flexibility index (Phi) is 9.27. The first-order valence-corrected chi connectivity index (χ1v) is 8.65. The van der Waals surface area contributed by atoms with Crippen LogP contribution in [0.4, 0.5) is 4.79 Å². The van der Waals surface area contributed by atoms with Crippen LogP contribution in [0.25, 0.3) is 6.08 Å². The van der Waals surface area contributed by atoms with Crippen LogP contribution in [0.1, 0.15) is 61.7 Å². The first-order valence-electron chi connectivity index (χ1n) is 8.65. The number of nitrogens with two attached hydrogens (primary N) is 1. The predicted molar refractivity (Wildman–Crippen MR) is 105 cm³/mol. The number of nitrogens with one attached hydrogen (secondary N) is 1. The quantitative estimate of drug-likeness (QED) is 0.616. The van der Waals surface area contributed by atoms with Gasteiger partial charge in [0, 0.05) is 5.56 Å². The highest BCUT2D eigenvalue weighted by Gasteiger charge is 2.20. The van der Waals surface area contributed by atoms with Crippen LogP contribution >= 0.6 is 0 Å². The number of aryl methyl sites for hydroxylation is 2. The van der Waals surface area contributed by atoms with Gasteiger partial charge in [-0.1, -0.05) is 13.8 Å². The zero-order valence-corrected chi connectivity index (χ0v) is 17.4. The van der Waals surface area contributed by atoms with E-state index in [1.807, 2.05) is 13.8 Å². The van der Waals surface area contributed by atoms with E-state index in [9.17, 15) is 14.4 Å². The fourth-order valence-electron chi connectivity index (χ4n) is 2.16. The number of hydrogen-bond donors (Lipinski definition) is 2. The molecule has 0 heterocycles. The highest BCUT2D eigenvalue weighted by molar-refractivity contribution is 5.98. The van der Waals surface area contributed by atoms with Crippen molar-refractivity contribution in [3.8, 4) is 0 Å². The van der Waals surface area contributed by atoms with Crippen LogP contribution in [0.2, 0.25) is 0 Å². The smallest absolute Gasteiger partial charge is 0.412 e. The maximum absolute atomic E-state index is 12.0. The molecular weight excluding hydrogens is 348 g/mol.